The van der Waals surface area contributed by atoms with E-state index in [1.54, 1.807) is 30.1 Å². The van der Waals surface area contributed by atoms with Gasteiger partial charge in [-0.15, -0.1) is 5.10 Å². The molecule has 0 bridgehead atoms. The quantitative estimate of drug-likeness (QED) is 0.248. The fourth-order valence-corrected chi connectivity index (χ4v) is 5.10. The fraction of sp³-hybridized carbons (Fsp3) is 0.100. The Bertz CT molecular complexity index is 1800. The van der Waals surface area contributed by atoms with E-state index in [0.29, 0.717) is 28.1 Å². The number of aromatic nitrogens is 4. The van der Waals surface area contributed by atoms with Crippen LogP contribution in [0.4, 0.5) is 0 Å². The molecule has 0 radical (unpaired) electrons. The van der Waals surface area contributed by atoms with Gasteiger partial charge in [-0.2, -0.15) is 0 Å². The summed E-state index contributed by atoms with van der Waals surface area (Å²) in [5, 5.41) is 7.42. The lowest BCUT2D eigenvalue weighted by molar-refractivity contribution is 0.296. The number of ether oxygens (including phenoxy) is 3. The van der Waals surface area contributed by atoms with Gasteiger partial charge < -0.3 is 14.2 Å². The number of nitrogens with zero attached hydrogens (tertiary/aromatic N) is 4. The molecule has 7 rings (SSSR count). The van der Waals surface area contributed by atoms with E-state index < -0.39 is 0 Å². The molecule has 2 aromatic heterocycles. The molecule has 0 amide bonds. The van der Waals surface area contributed by atoms with Crippen LogP contribution in [-0.2, 0) is 6.61 Å². The number of benzene rings is 4. The Labute approximate surface area is 223 Å². The highest BCUT2D eigenvalue weighted by Crippen LogP contribution is 2.50. The molecule has 1 aliphatic heterocycles. The molecule has 0 saturated heterocycles. The Hall–Kier alpha value is -4.62. The first kappa shape index (κ1) is 22.6. The number of halogens is 1. The van der Waals surface area contributed by atoms with E-state index >= 15 is 0 Å². The minimum Gasteiger partial charge on any atom is -0.497 e. The molecular weight excluding hydrogens is 500 g/mol. The summed E-state index contributed by atoms with van der Waals surface area (Å²) in [7, 11) is 1.66. The highest BCUT2D eigenvalue weighted by atomic mass is 35.5. The highest BCUT2D eigenvalue weighted by Gasteiger charge is 2.34. The third-order valence-electron chi connectivity index (χ3n) is 6.77. The molecule has 0 saturated carbocycles. The molecule has 3 heterocycles. The largest absolute Gasteiger partial charge is 0.497 e. The molecule has 1 atom stereocenters. The zero-order chi connectivity index (χ0) is 25.6. The number of hydrogen-bond donors (Lipinski definition) is 0. The molecule has 4 aromatic carbocycles. The van der Waals surface area contributed by atoms with Crippen molar-refractivity contribution >= 4 is 28.0 Å². The molecule has 0 fully saturated rings. The van der Waals surface area contributed by atoms with E-state index in [1.807, 2.05) is 36.4 Å². The highest BCUT2D eigenvalue weighted by molar-refractivity contribution is 6.30. The lowest BCUT2D eigenvalue weighted by Gasteiger charge is -2.28. The molecule has 186 valence electrons. The maximum atomic E-state index is 6.48. The Morgan fingerprint density at radius 3 is 2.53 bits per heavy atom. The summed E-state index contributed by atoms with van der Waals surface area (Å²) >= 11 is 5.99. The van der Waals surface area contributed by atoms with Gasteiger partial charge in [0.25, 0.3) is 0 Å². The zero-order valence-electron chi connectivity index (χ0n) is 20.3. The Balaban J connectivity index is 1.37. The van der Waals surface area contributed by atoms with E-state index in [4.69, 9.17) is 30.8 Å². The van der Waals surface area contributed by atoms with Crippen LogP contribution < -0.4 is 14.2 Å². The van der Waals surface area contributed by atoms with Gasteiger partial charge in [-0.3, -0.25) is 0 Å². The summed E-state index contributed by atoms with van der Waals surface area (Å²) in [6.07, 6.45) is 1.63. The normalized spacial score (nSPS) is 14.1. The monoisotopic (exact) mass is 520 g/mol. The van der Waals surface area contributed by atoms with Gasteiger partial charge in [-0.1, -0.05) is 60.1 Å². The lowest BCUT2D eigenvalue weighted by atomic mass is 9.83. The van der Waals surface area contributed by atoms with Crippen LogP contribution in [0, 0.1) is 0 Å². The van der Waals surface area contributed by atoms with Gasteiger partial charge in [0.2, 0.25) is 5.88 Å². The summed E-state index contributed by atoms with van der Waals surface area (Å²) in [4.78, 5) is 9.52. The van der Waals surface area contributed by atoms with Gasteiger partial charge in [0, 0.05) is 21.9 Å². The zero-order valence-corrected chi connectivity index (χ0v) is 21.1. The molecule has 8 heteroatoms. The molecule has 0 N–H and O–H groups in total. The molecule has 0 aliphatic carbocycles. The lowest BCUT2D eigenvalue weighted by Crippen LogP contribution is -2.15. The third kappa shape index (κ3) is 3.79. The molecule has 6 aromatic rings. The minimum absolute atomic E-state index is 0.172. The van der Waals surface area contributed by atoms with Crippen molar-refractivity contribution in [3.63, 3.8) is 0 Å². The van der Waals surface area contributed by atoms with Crippen LogP contribution in [0.15, 0.2) is 91.3 Å². The van der Waals surface area contributed by atoms with Crippen LogP contribution in [0.1, 0.15) is 28.4 Å². The first-order valence-electron chi connectivity index (χ1n) is 12.1. The van der Waals surface area contributed by atoms with Crippen molar-refractivity contribution in [1.29, 1.82) is 0 Å². The predicted octanol–water partition coefficient (Wildman–Crippen LogP) is 6.80. The second-order valence-electron chi connectivity index (χ2n) is 9.02. The maximum Gasteiger partial charge on any atom is 0.228 e. The van der Waals surface area contributed by atoms with Crippen molar-refractivity contribution in [1.82, 2.24) is 19.6 Å². The van der Waals surface area contributed by atoms with Crippen LogP contribution in [-0.4, -0.2) is 26.7 Å². The second-order valence-corrected chi connectivity index (χ2v) is 9.45. The van der Waals surface area contributed by atoms with Crippen molar-refractivity contribution in [2.75, 3.05) is 7.11 Å². The minimum atomic E-state index is -0.172. The van der Waals surface area contributed by atoms with E-state index in [-0.39, 0.29) is 12.5 Å². The average molecular weight is 521 g/mol. The molecule has 38 heavy (non-hydrogen) atoms. The summed E-state index contributed by atoms with van der Waals surface area (Å²) in [5.41, 5.74) is 3.64. The van der Waals surface area contributed by atoms with E-state index in [0.717, 1.165) is 39.0 Å². The van der Waals surface area contributed by atoms with Gasteiger partial charge in [0.05, 0.1) is 12.7 Å². The standard InChI is InChI=1S/C30H21ClN4O3/c1-36-21-11-6-19(7-12-21)26-24-15-8-18-4-2-3-5-23(18)28(24)38-30-27(26)29-33-25(34-35(29)17-32-30)16-37-22-13-9-20(31)10-14-22/h2-15,17,26H,16H2,1H3. The van der Waals surface area contributed by atoms with Crippen molar-refractivity contribution < 1.29 is 14.2 Å². The van der Waals surface area contributed by atoms with Gasteiger partial charge >= 0.3 is 0 Å². The number of fused-ring (bicyclic) bond motifs is 6. The van der Waals surface area contributed by atoms with Gasteiger partial charge in [0.1, 0.15) is 30.2 Å². The molecule has 1 unspecified atom stereocenters. The summed E-state index contributed by atoms with van der Waals surface area (Å²) in [6, 6.07) is 27.7. The van der Waals surface area contributed by atoms with Crippen molar-refractivity contribution in [3.8, 4) is 23.1 Å². The Kier molecular flexibility index (Phi) is 5.37. The number of methoxy groups -OCH3 is 1. The van der Waals surface area contributed by atoms with Crippen molar-refractivity contribution in [2.24, 2.45) is 0 Å². The topological polar surface area (TPSA) is 70.8 Å². The van der Waals surface area contributed by atoms with E-state index in [2.05, 4.69) is 46.5 Å². The maximum absolute atomic E-state index is 6.48. The summed E-state index contributed by atoms with van der Waals surface area (Å²) in [5.74, 6) is 3.16. The van der Waals surface area contributed by atoms with E-state index in [1.165, 1.54) is 0 Å². The SMILES string of the molecule is COc1ccc(C2c3ccc4ccccc4c3Oc3ncn4nc(COc5ccc(Cl)cc5)nc4c32)cc1. The van der Waals surface area contributed by atoms with Crippen LogP contribution in [0.5, 0.6) is 23.1 Å². The van der Waals surface area contributed by atoms with Crippen LogP contribution >= 0.6 is 11.6 Å². The first-order chi connectivity index (χ1) is 18.7. The Morgan fingerprint density at radius 2 is 1.71 bits per heavy atom. The molecule has 1 aliphatic rings. The van der Waals surface area contributed by atoms with Gasteiger partial charge in [0.15, 0.2) is 11.5 Å². The summed E-state index contributed by atoms with van der Waals surface area (Å²) in [6.45, 7) is 0.202. The van der Waals surface area contributed by atoms with Gasteiger partial charge in [-0.25, -0.2) is 14.5 Å². The van der Waals surface area contributed by atoms with Gasteiger partial charge in [-0.05, 0) is 47.3 Å². The smallest absolute Gasteiger partial charge is 0.228 e. The molecule has 0 spiro atoms. The third-order valence-corrected chi connectivity index (χ3v) is 7.02. The number of hydrogen-bond acceptors (Lipinski definition) is 6. The Morgan fingerprint density at radius 1 is 0.921 bits per heavy atom. The summed E-state index contributed by atoms with van der Waals surface area (Å²) < 4.78 is 19.5. The molecule has 7 nitrogen and oxygen atoms in total. The van der Waals surface area contributed by atoms with Crippen molar-refractivity contribution in [3.05, 3.63) is 119 Å². The molecular formula is C30H21ClN4O3. The average Bonchev–Trinajstić information content (AvgIpc) is 3.39. The van der Waals surface area contributed by atoms with Crippen LogP contribution in [0.3, 0.4) is 0 Å². The van der Waals surface area contributed by atoms with Crippen LogP contribution in [0.2, 0.25) is 5.02 Å². The van der Waals surface area contributed by atoms with Crippen LogP contribution in [0.25, 0.3) is 16.4 Å². The predicted molar refractivity (Wildman–Crippen MR) is 145 cm³/mol. The van der Waals surface area contributed by atoms with E-state index in [9.17, 15) is 0 Å². The second kappa shape index (κ2) is 9.04. The number of rotatable bonds is 5. The fourth-order valence-electron chi connectivity index (χ4n) is 4.97. The van der Waals surface area contributed by atoms with Crippen molar-refractivity contribution in [2.45, 2.75) is 12.5 Å². The first-order valence-corrected chi connectivity index (χ1v) is 12.5.